The smallest absolute Gasteiger partial charge is 0.172 e. The summed E-state index contributed by atoms with van der Waals surface area (Å²) in [4.78, 5) is 12.9. The lowest BCUT2D eigenvalue weighted by Gasteiger charge is -2.34. The van der Waals surface area contributed by atoms with Crippen LogP contribution in [0.15, 0.2) is 42.5 Å². The van der Waals surface area contributed by atoms with Gasteiger partial charge in [0.2, 0.25) is 0 Å². The molecule has 0 saturated heterocycles. The van der Waals surface area contributed by atoms with Gasteiger partial charge in [-0.2, -0.15) is 0 Å². The predicted octanol–water partition coefficient (Wildman–Crippen LogP) is 5.04. The van der Waals surface area contributed by atoms with Gasteiger partial charge in [-0.25, -0.2) is 0 Å². The molecule has 3 heteroatoms. The quantitative estimate of drug-likeness (QED) is 0.611. The summed E-state index contributed by atoms with van der Waals surface area (Å²) >= 11 is 6.20. The van der Waals surface area contributed by atoms with Crippen molar-refractivity contribution >= 4 is 23.1 Å². The minimum Gasteiger partial charge on any atom is -0.399 e. The van der Waals surface area contributed by atoms with Crippen LogP contribution >= 0.6 is 11.6 Å². The largest absolute Gasteiger partial charge is 0.399 e. The van der Waals surface area contributed by atoms with Crippen molar-refractivity contribution in [1.29, 1.82) is 0 Å². The minimum absolute atomic E-state index is 0.0687. The fourth-order valence-corrected chi connectivity index (χ4v) is 3.14. The molecule has 2 atom stereocenters. The van der Waals surface area contributed by atoms with Crippen LogP contribution in [0.25, 0.3) is 0 Å². The lowest BCUT2D eigenvalue weighted by molar-refractivity contribution is 0.0866. The summed E-state index contributed by atoms with van der Waals surface area (Å²) in [5, 5.41) is 0.431. The summed E-state index contributed by atoms with van der Waals surface area (Å²) in [7, 11) is 0. The van der Waals surface area contributed by atoms with Crippen LogP contribution in [-0.4, -0.2) is 5.78 Å². The third kappa shape index (κ3) is 3.38. The molecular weight excluding hydrogens is 282 g/mol. The molecule has 0 fully saturated rings. The summed E-state index contributed by atoms with van der Waals surface area (Å²) in [5.74, 6) is -0.102. The summed E-state index contributed by atoms with van der Waals surface area (Å²) < 4.78 is 0. The number of carbonyl (C=O) groups is 1. The van der Waals surface area contributed by atoms with Crippen LogP contribution in [0, 0.1) is 11.3 Å². The van der Waals surface area contributed by atoms with E-state index in [9.17, 15) is 4.79 Å². The third-order valence-corrected chi connectivity index (χ3v) is 4.52. The first kappa shape index (κ1) is 15.8. The van der Waals surface area contributed by atoms with E-state index >= 15 is 0 Å². The zero-order valence-corrected chi connectivity index (χ0v) is 13.4. The van der Waals surface area contributed by atoms with Gasteiger partial charge in [-0.1, -0.05) is 62.6 Å². The molecule has 1 aromatic rings. The standard InChI is InChI=1S/C18H22ClNO/c1-3-4-10-18(2)11-6-5-7-15(18)17(21)14-9-8-13(20)12-16(14)19/h5-9,11-12,15H,3-4,10,20H2,1-2H3. The van der Waals surface area contributed by atoms with Crippen LogP contribution in [0.1, 0.15) is 43.5 Å². The third-order valence-electron chi connectivity index (χ3n) is 4.21. The van der Waals surface area contributed by atoms with E-state index in [1.807, 2.05) is 18.2 Å². The monoisotopic (exact) mass is 303 g/mol. The molecule has 0 aliphatic heterocycles. The molecule has 112 valence electrons. The first-order valence-corrected chi connectivity index (χ1v) is 7.81. The van der Waals surface area contributed by atoms with E-state index in [-0.39, 0.29) is 17.1 Å². The maximum absolute atomic E-state index is 12.9. The average molecular weight is 304 g/mol. The summed E-state index contributed by atoms with van der Waals surface area (Å²) in [6, 6.07) is 5.10. The van der Waals surface area contributed by atoms with Crippen molar-refractivity contribution in [3.63, 3.8) is 0 Å². The Balaban J connectivity index is 2.31. The van der Waals surface area contributed by atoms with Gasteiger partial charge in [-0.15, -0.1) is 0 Å². The number of ketones is 1. The Morgan fingerprint density at radius 1 is 1.38 bits per heavy atom. The topological polar surface area (TPSA) is 43.1 Å². The lowest BCUT2D eigenvalue weighted by atomic mass is 9.68. The highest BCUT2D eigenvalue weighted by molar-refractivity contribution is 6.34. The molecule has 2 rings (SSSR count). The molecule has 0 heterocycles. The number of anilines is 1. The van der Waals surface area contributed by atoms with Crippen LogP contribution in [0.2, 0.25) is 5.02 Å². The highest BCUT2D eigenvalue weighted by atomic mass is 35.5. The molecule has 0 radical (unpaired) electrons. The van der Waals surface area contributed by atoms with Crippen molar-refractivity contribution in [3.8, 4) is 0 Å². The number of hydrogen-bond donors (Lipinski definition) is 1. The second-order valence-corrected chi connectivity index (χ2v) is 6.34. The van der Waals surface area contributed by atoms with E-state index in [1.165, 1.54) is 0 Å². The van der Waals surface area contributed by atoms with Gasteiger partial charge >= 0.3 is 0 Å². The number of unbranched alkanes of at least 4 members (excludes halogenated alkanes) is 1. The molecule has 0 amide bonds. The van der Waals surface area contributed by atoms with Gasteiger partial charge in [0, 0.05) is 17.2 Å². The number of benzene rings is 1. The van der Waals surface area contributed by atoms with Gasteiger partial charge in [-0.3, -0.25) is 4.79 Å². The number of carbonyl (C=O) groups excluding carboxylic acids is 1. The summed E-state index contributed by atoms with van der Waals surface area (Å²) in [5.41, 5.74) is 6.69. The Morgan fingerprint density at radius 3 is 2.81 bits per heavy atom. The zero-order valence-electron chi connectivity index (χ0n) is 12.6. The maximum Gasteiger partial charge on any atom is 0.172 e. The van der Waals surface area contributed by atoms with E-state index < -0.39 is 0 Å². The van der Waals surface area contributed by atoms with Crippen LogP contribution in [0.3, 0.4) is 0 Å². The van der Waals surface area contributed by atoms with Crippen LogP contribution in [0.4, 0.5) is 5.69 Å². The zero-order chi connectivity index (χ0) is 15.5. The molecular formula is C18H22ClNO. The number of allylic oxidation sites excluding steroid dienone is 4. The Labute approximate surface area is 131 Å². The number of nitrogen functional groups attached to an aromatic ring is 1. The minimum atomic E-state index is -0.171. The molecule has 0 aromatic heterocycles. The number of rotatable bonds is 5. The molecule has 0 spiro atoms. The molecule has 1 aliphatic rings. The number of halogens is 1. The second-order valence-electron chi connectivity index (χ2n) is 5.93. The van der Waals surface area contributed by atoms with E-state index in [0.717, 1.165) is 19.3 Å². The van der Waals surface area contributed by atoms with Crippen molar-refractivity contribution < 1.29 is 4.79 Å². The number of nitrogens with two attached hydrogens (primary N) is 1. The van der Waals surface area contributed by atoms with Gasteiger partial charge in [0.25, 0.3) is 0 Å². The van der Waals surface area contributed by atoms with Crippen molar-refractivity contribution in [2.45, 2.75) is 33.1 Å². The molecule has 0 bridgehead atoms. The molecule has 2 nitrogen and oxygen atoms in total. The van der Waals surface area contributed by atoms with E-state index in [4.69, 9.17) is 17.3 Å². The summed E-state index contributed by atoms with van der Waals surface area (Å²) in [6.45, 7) is 4.32. The highest BCUT2D eigenvalue weighted by Crippen LogP contribution is 2.40. The first-order chi connectivity index (χ1) is 9.98. The molecule has 2 N–H and O–H groups in total. The highest BCUT2D eigenvalue weighted by Gasteiger charge is 2.36. The van der Waals surface area contributed by atoms with Crippen LogP contribution in [0.5, 0.6) is 0 Å². The van der Waals surface area contributed by atoms with Crippen LogP contribution in [-0.2, 0) is 0 Å². The van der Waals surface area contributed by atoms with Gasteiger partial charge in [0.15, 0.2) is 5.78 Å². The van der Waals surface area contributed by atoms with Crippen molar-refractivity contribution in [2.24, 2.45) is 11.3 Å². The maximum atomic E-state index is 12.9. The van der Waals surface area contributed by atoms with Crippen molar-refractivity contribution in [2.75, 3.05) is 5.73 Å². The van der Waals surface area contributed by atoms with Gasteiger partial charge < -0.3 is 5.73 Å². The Hall–Kier alpha value is -1.54. The normalized spacial score (nSPS) is 24.2. The molecule has 1 aromatic carbocycles. The Morgan fingerprint density at radius 2 is 2.14 bits per heavy atom. The number of hydrogen-bond acceptors (Lipinski definition) is 2. The molecule has 1 aliphatic carbocycles. The van der Waals surface area contributed by atoms with E-state index in [2.05, 4.69) is 19.9 Å². The summed E-state index contributed by atoms with van der Waals surface area (Å²) in [6.07, 6.45) is 11.3. The second kappa shape index (κ2) is 6.48. The molecule has 0 saturated carbocycles. The Bertz CT molecular complexity index is 591. The van der Waals surface area contributed by atoms with Gasteiger partial charge in [-0.05, 0) is 30.0 Å². The SMILES string of the molecule is CCCCC1(C)C=CC=CC1C(=O)c1ccc(N)cc1Cl. The first-order valence-electron chi connectivity index (χ1n) is 7.43. The lowest BCUT2D eigenvalue weighted by Crippen LogP contribution is -2.32. The Kier molecular flexibility index (Phi) is 4.89. The fourth-order valence-electron chi connectivity index (χ4n) is 2.86. The van der Waals surface area contributed by atoms with E-state index in [1.54, 1.807) is 18.2 Å². The van der Waals surface area contributed by atoms with Crippen molar-refractivity contribution in [3.05, 3.63) is 53.1 Å². The van der Waals surface area contributed by atoms with Gasteiger partial charge in [0.1, 0.15) is 0 Å². The van der Waals surface area contributed by atoms with Crippen molar-refractivity contribution in [1.82, 2.24) is 0 Å². The average Bonchev–Trinajstić information content (AvgIpc) is 2.45. The molecule has 2 unspecified atom stereocenters. The number of Topliss-reactive ketones (excluding diaryl/α,β-unsaturated/α-hetero) is 1. The van der Waals surface area contributed by atoms with Crippen LogP contribution < -0.4 is 5.73 Å². The van der Waals surface area contributed by atoms with E-state index in [0.29, 0.717) is 16.3 Å². The predicted molar refractivity (Wildman–Crippen MR) is 89.6 cm³/mol. The molecule has 21 heavy (non-hydrogen) atoms. The fraction of sp³-hybridized carbons (Fsp3) is 0.389. The van der Waals surface area contributed by atoms with Gasteiger partial charge in [0.05, 0.1) is 5.02 Å².